The molecule has 4 aliphatic rings. The number of methoxy groups -OCH3 is 1. The quantitative estimate of drug-likeness (QED) is 0.892. The predicted molar refractivity (Wildman–Crippen MR) is 82.2 cm³/mol. The van der Waals surface area contributed by atoms with Crippen LogP contribution in [-0.2, 0) is 0 Å². The third kappa shape index (κ3) is 2.05. The highest BCUT2D eigenvalue weighted by atomic mass is 16.5. The third-order valence-corrected chi connectivity index (χ3v) is 6.31. The topological polar surface area (TPSA) is 55.5 Å². The van der Waals surface area contributed by atoms with Gasteiger partial charge in [-0.3, -0.25) is 0 Å². The lowest BCUT2D eigenvalue weighted by molar-refractivity contribution is -0.0678. The van der Waals surface area contributed by atoms with Crippen molar-refractivity contribution in [1.29, 1.82) is 0 Å². The first-order valence-electron chi connectivity index (χ1n) is 8.22. The zero-order valence-electron chi connectivity index (χ0n) is 12.7. The summed E-state index contributed by atoms with van der Waals surface area (Å²) < 4.78 is 5.25. The third-order valence-electron chi connectivity index (χ3n) is 6.31. The van der Waals surface area contributed by atoms with E-state index >= 15 is 0 Å². The van der Waals surface area contributed by atoms with E-state index in [-0.39, 0.29) is 17.2 Å². The minimum absolute atomic E-state index is 0.0698. The molecule has 21 heavy (non-hydrogen) atoms. The number of benzene rings is 1. The Morgan fingerprint density at radius 1 is 1.14 bits per heavy atom. The maximum absolute atomic E-state index is 9.79. The monoisotopic (exact) mass is 287 g/mol. The highest BCUT2D eigenvalue weighted by Crippen LogP contribution is 2.63. The van der Waals surface area contributed by atoms with Crippen molar-refractivity contribution in [1.82, 2.24) is 0 Å². The first-order chi connectivity index (χ1) is 10.1. The molecular formula is C18H25NO2. The van der Waals surface area contributed by atoms with Gasteiger partial charge in [-0.25, -0.2) is 0 Å². The van der Waals surface area contributed by atoms with Crippen LogP contribution < -0.4 is 10.5 Å². The Hall–Kier alpha value is -1.22. The van der Waals surface area contributed by atoms with Crippen LogP contribution in [0.4, 0.5) is 0 Å². The van der Waals surface area contributed by atoms with E-state index in [2.05, 4.69) is 0 Å². The molecule has 1 aromatic rings. The fraction of sp³-hybridized carbons (Fsp3) is 0.667. The standard InChI is InChI=1S/C18H25NO2/c1-21-16-7-14(2-3-15(16)20)17(19)18-8-11-4-12(9-18)6-13(5-11)10-18/h2-3,7,11-13,17,20H,4-6,8-10,19H2,1H3. The molecule has 4 bridgehead atoms. The minimum Gasteiger partial charge on any atom is -0.504 e. The Morgan fingerprint density at radius 2 is 1.71 bits per heavy atom. The first-order valence-corrected chi connectivity index (χ1v) is 8.22. The number of rotatable bonds is 3. The second-order valence-corrected chi connectivity index (χ2v) is 7.69. The van der Waals surface area contributed by atoms with Crippen LogP contribution >= 0.6 is 0 Å². The van der Waals surface area contributed by atoms with Crippen molar-refractivity contribution in [3.8, 4) is 11.5 Å². The van der Waals surface area contributed by atoms with Crippen LogP contribution in [0.1, 0.15) is 50.1 Å². The molecule has 1 unspecified atom stereocenters. The molecule has 0 spiro atoms. The molecule has 0 amide bonds. The van der Waals surface area contributed by atoms with Crippen LogP contribution in [0.3, 0.4) is 0 Å². The molecule has 5 rings (SSSR count). The van der Waals surface area contributed by atoms with Crippen LogP contribution in [0.5, 0.6) is 11.5 Å². The van der Waals surface area contributed by atoms with E-state index in [1.54, 1.807) is 13.2 Å². The van der Waals surface area contributed by atoms with Gasteiger partial charge in [-0.2, -0.15) is 0 Å². The highest BCUT2D eigenvalue weighted by Gasteiger charge is 2.53. The molecule has 3 nitrogen and oxygen atoms in total. The number of nitrogens with two attached hydrogens (primary N) is 1. The van der Waals surface area contributed by atoms with E-state index in [1.165, 1.54) is 38.5 Å². The Labute approximate surface area is 126 Å². The summed E-state index contributed by atoms with van der Waals surface area (Å²) in [5.74, 6) is 3.44. The summed E-state index contributed by atoms with van der Waals surface area (Å²) in [6.45, 7) is 0. The fourth-order valence-corrected chi connectivity index (χ4v) is 5.80. The largest absolute Gasteiger partial charge is 0.504 e. The Morgan fingerprint density at radius 3 is 2.24 bits per heavy atom. The SMILES string of the molecule is COc1cc(C(N)C23CC4CC(CC(C4)C2)C3)ccc1O. The van der Waals surface area contributed by atoms with Gasteiger partial charge < -0.3 is 15.6 Å². The van der Waals surface area contributed by atoms with Crippen molar-refractivity contribution in [2.24, 2.45) is 28.9 Å². The molecule has 3 heteroatoms. The van der Waals surface area contributed by atoms with Crippen LogP contribution in [0.2, 0.25) is 0 Å². The van der Waals surface area contributed by atoms with Gasteiger partial charge in [0.25, 0.3) is 0 Å². The van der Waals surface area contributed by atoms with Crippen molar-refractivity contribution in [2.75, 3.05) is 7.11 Å². The highest BCUT2D eigenvalue weighted by molar-refractivity contribution is 5.43. The molecule has 0 aliphatic heterocycles. The van der Waals surface area contributed by atoms with Crippen LogP contribution in [-0.4, -0.2) is 12.2 Å². The van der Waals surface area contributed by atoms with Crippen molar-refractivity contribution in [2.45, 2.75) is 44.6 Å². The van der Waals surface area contributed by atoms with Crippen molar-refractivity contribution in [3.05, 3.63) is 23.8 Å². The lowest BCUT2D eigenvalue weighted by Gasteiger charge is -2.59. The van der Waals surface area contributed by atoms with Crippen LogP contribution in [0.25, 0.3) is 0 Å². The van der Waals surface area contributed by atoms with Gasteiger partial charge in [0.15, 0.2) is 11.5 Å². The Bertz CT molecular complexity index is 519. The summed E-state index contributed by atoms with van der Waals surface area (Å²) in [7, 11) is 1.59. The number of hydrogen-bond acceptors (Lipinski definition) is 3. The Kier molecular flexibility index (Phi) is 2.97. The van der Waals surface area contributed by atoms with Gasteiger partial charge in [0, 0.05) is 6.04 Å². The lowest BCUT2D eigenvalue weighted by Crippen LogP contribution is -2.50. The number of ether oxygens (including phenoxy) is 1. The molecule has 0 heterocycles. The average molecular weight is 287 g/mol. The first kappa shape index (κ1) is 13.4. The second kappa shape index (κ2) is 4.64. The summed E-state index contributed by atoms with van der Waals surface area (Å²) in [6, 6.07) is 5.69. The van der Waals surface area contributed by atoms with Gasteiger partial charge in [-0.1, -0.05) is 6.07 Å². The molecule has 114 valence electrons. The number of phenolic OH excluding ortho intramolecular Hbond substituents is 1. The van der Waals surface area contributed by atoms with E-state index in [0.29, 0.717) is 5.75 Å². The summed E-state index contributed by atoms with van der Waals surface area (Å²) in [5.41, 5.74) is 8.14. The summed E-state index contributed by atoms with van der Waals surface area (Å²) in [4.78, 5) is 0. The second-order valence-electron chi connectivity index (χ2n) is 7.69. The average Bonchev–Trinajstić information content (AvgIpc) is 2.45. The number of phenols is 1. The van der Waals surface area contributed by atoms with Crippen LogP contribution in [0.15, 0.2) is 18.2 Å². The molecule has 0 saturated heterocycles. The van der Waals surface area contributed by atoms with Gasteiger partial charge in [0.05, 0.1) is 7.11 Å². The lowest BCUT2D eigenvalue weighted by atomic mass is 9.47. The molecule has 4 aliphatic carbocycles. The van der Waals surface area contributed by atoms with E-state index in [1.807, 2.05) is 12.1 Å². The minimum atomic E-state index is 0.0698. The number of hydrogen-bond donors (Lipinski definition) is 2. The molecular weight excluding hydrogens is 262 g/mol. The molecule has 4 saturated carbocycles. The van der Waals surface area contributed by atoms with Crippen molar-refractivity contribution < 1.29 is 9.84 Å². The molecule has 0 aromatic heterocycles. The summed E-state index contributed by atoms with van der Waals surface area (Å²) >= 11 is 0. The predicted octanol–water partition coefficient (Wildman–Crippen LogP) is 3.62. The fourth-order valence-electron chi connectivity index (χ4n) is 5.80. The summed E-state index contributed by atoms with van der Waals surface area (Å²) in [6.07, 6.45) is 8.19. The molecule has 1 atom stereocenters. The molecule has 0 radical (unpaired) electrons. The Balaban J connectivity index is 1.66. The normalized spacial score (nSPS) is 38.5. The smallest absolute Gasteiger partial charge is 0.160 e. The summed E-state index contributed by atoms with van der Waals surface area (Å²) in [5, 5.41) is 9.79. The number of aromatic hydroxyl groups is 1. The molecule has 4 fully saturated rings. The molecule has 1 aromatic carbocycles. The van der Waals surface area contributed by atoms with Crippen molar-refractivity contribution in [3.63, 3.8) is 0 Å². The van der Waals surface area contributed by atoms with Gasteiger partial charge in [0.1, 0.15) is 0 Å². The van der Waals surface area contributed by atoms with Gasteiger partial charge >= 0.3 is 0 Å². The maximum Gasteiger partial charge on any atom is 0.160 e. The van der Waals surface area contributed by atoms with Gasteiger partial charge in [-0.15, -0.1) is 0 Å². The van der Waals surface area contributed by atoms with Gasteiger partial charge in [-0.05, 0) is 79.4 Å². The van der Waals surface area contributed by atoms with E-state index in [9.17, 15) is 5.11 Å². The van der Waals surface area contributed by atoms with E-state index in [0.717, 1.165) is 23.3 Å². The van der Waals surface area contributed by atoms with E-state index in [4.69, 9.17) is 10.5 Å². The van der Waals surface area contributed by atoms with Gasteiger partial charge in [0.2, 0.25) is 0 Å². The van der Waals surface area contributed by atoms with E-state index < -0.39 is 0 Å². The van der Waals surface area contributed by atoms with Crippen LogP contribution in [0, 0.1) is 23.2 Å². The van der Waals surface area contributed by atoms with Crippen molar-refractivity contribution >= 4 is 0 Å². The zero-order valence-corrected chi connectivity index (χ0v) is 12.7. The maximum atomic E-state index is 9.79. The zero-order chi connectivity index (χ0) is 14.6. The molecule has 3 N–H and O–H groups in total.